The van der Waals surface area contributed by atoms with Crippen molar-refractivity contribution in [2.75, 3.05) is 41.3 Å². The first-order valence-corrected chi connectivity index (χ1v) is 11.2. The van der Waals surface area contributed by atoms with Crippen LogP contribution in [0.1, 0.15) is 11.1 Å². The highest BCUT2D eigenvalue weighted by Gasteiger charge is 2.23. The van der Waals surface area contributed by atoms with Crippen molar-refractivity contribution in [1.29, 1.82) is 0 Å². The molecular formula is C26H30N4O4. The molecule has 0 spiro atoms. The van der Waals surface area contributed by atoms with Crippen LogP contribution in [0, 0.1) is 0 Å². The van der Waals surface area contributed by atoms with Crippen LogP contribution in [-0.2, 0) is 22.4 Å². The molecule has 0 radical (unpaired) electrons. The van der Waals surface area contributed by atoms with E-state index in [9.17, 15) is 9.59 Å². The molecule has 2 aromatic heterocycles. The van der Waals surface area contributed by atoms with Gasteiger partial charge in [0.15, 0.2) is 0 Å². The summed E-state index contributed by atoms with van der Waals surface area (Å²) in [5, 5.41) is 1.59. The fourth-order valence-electron chi connectivity index (χ4n) is 3.97. The van der Waals surface area contributed by atoms with Gasteiger partial charge in [-0.15, -0.1) is 0 Å². The van der Waals surface area contributed by atoms with Gasteiger partial charge in [0, 0.05) is 47.3 Å². The summed E-state index contributed by atoms with van der Waals surface area (Å²) in [7, 11) is 8.01. The maximum Gasteiger partial charge on any atom is 0.423 e. The van der Waals surface area contributed by atoms with Gasteiger partial charge in [-0.1, -0.05) is 12.1 Å². The molecule has 0 bridgehead atoms. The lowest BCUT2D eigenvalue weighted by Crippen LogP contribution is -2.25. The summed E-state index contributed by atoms with van der Waals surface area (Å²) in [5.41, 5.74) is 3.72. The lowest BCUT2D eigenvalue weighted by molar-refractivity contribution is -0.156. The Kier molecular flexibility index (Phi) is 7.00. The Labute approximate surface area is 198 Å². The van der Waals surface area contributed by atoms with Crippen molar-refractivity contribution in [1.82, 2.24) is 19.8 Å². The number of rotatable bonds is 8. The summed E-state index contributed by atoms with van der Waals surface area (Å²) in [5.74, 6) is -1.45. The predicted molar refractivity (Wildman–Crippen MR) is 132 cm³/mol. The number of nitrogens with zero attached hydrogens (tertiary/aromatic N) is 2. The minimum absolute atomic E-state index is 0.334. The molecule has 0 saturated carbocycles. The van der Waals surface area contributed by atoms with Crippen LogP contribution in [-0.4, -0.2) is 73.0 Å². The molecule has 0 fully saturated rings. The van der Waals surface area contributed by atoms with Gasteiger partial charge in [0.25, 0.3) is 0 Å². The molecule has 0 atom stereocenters. The molecule has 0 aliphatic rings. The zero-order chi connectivity index (χ0) is 24.2. The molecule has 178 valence electrons. The first-order chi connectivity index (χ1) is 16.3. The second-order valence-electron chi connectivity index (χ2n) is 8.87. The van der Waals surface area contributed by atoms with Gasteiger partial charge >= 0.3 is 11.9 Å². The molecule has 0 saturated heterocycles. The van der Waals surface area contributed by atoms with Crippen LogP contribution in [0.2, 0.25) is 0 Å². The van der Waals surface area contributed by atoms with Crippen LogP contribution in [0.4, 0.5) is 0 Å². The summed E-state index contributed by atoms with van der Waals surface area (Å²) >= 11 is 0. The fraction of sp³-hybridized carbons (Fsp3) is 0.308. The molecule has 4 rings (SSSR count). The molecular weight excluding hydrogens is 432 g/mol. The minimum Gasteiger partial charge on any atom is -0.417 e. The quantitative estimate of drug-likeness (QED) is 0.237. The van der Waals surface area contributed by atoms with E-state index < -0.39 is 11.9 Å². The lowest BCUT2D eigenvalue weighted by atomic mass is 10.1. The molecule has 2 N–H and O–H groups in total. The SMILES string of the molecule is CN(C)CCc1c[nH]c2cccc(OC(=O)C(=O)Oc3cccc4[nH]cc(CCN(C)C)c34)c12. The Bertz CT molecular complexity index is 1220. The number of esters is 2. The van der Waals surface area contributed by atoms with Gasteiger partial charge in [-0.3, -0.25) is 0 Å². The molecule has 0 aliphatic heterocycles. The molecule has 8 heteroatoms. The molecule has 2 aromatic carbocycles. The third-order valence-corrected chi connectivity index (χ3v) is 5.73. The average Bonchev–Trinajstić information content (AvgIpc) is 3.41. The molecule has 8 nitrogen and oxygen atoms in total. The van der Waals surface area contributed by atoms with Crippen LogP contribution < -0.4 is 9.47 Å². The summed E-state index contributed by atoms with van der Waals surface area (Å²) in [6.07, 6.45) is 5.37. The highest BCUT2D eigenvalue weighted by atomic mass is 16.6. The Morgan fingerprint density at radius 3 is 1.50 bits per heavy atom. The Balaban J connectivity index is 1.54. The number of benzene rings is 2. The van der Waals surface area contributed by atoms with E-state index in [1.54, 1.807) is 24.3 Å². The number of likely N-dealkylation sites (N-methyl/N-ethyl adjacent to an activating group) is 2. The van der Waals surface area contributed by atoms with Crippen LogP contribution in [0.5, 0.6) is 11.5 Å². The van der Waals surface area contributed by atoms with Crippen molar-refractivity contribution in [2.45, 2.75) is 12.8 Å². The molecule has 4 aromatic rings. The standard InChI is InChI=1S/C26H30N4O4/c1-29(2)13-11-17-15-27-19-7-5-9-21(23(17)19)33-25(31)26(32)34-22-10-6-8-20-24(22)18(16-28-20)12-14-30(3)4/h5-10,15-16,27-28H,11-14H2,1-4H3. The van der Waals surface area contributed by atoms with E-state index in [1.807, 2.05) is 52.7 Å². The van der Waals surface area contributed by atoms with E-state index in [1.165, 1.54) is 0 Å². The second kappa shape index (κ2) is 10.1. The van der Waals surface area contributed by atoms with E-state index in [0.29, 0.717) is 11.5 Å². The number of aromatic amines is 2. The van der Waals surface area contributed by atoms with Crippen molar-refractivity contribution in [2.24, 2.45) is 0 Å². The number of hydrogen-bond acceptors (Lipinski definition) is 6. The summed E-state index contributed by atoms with van der Waals surface area (Å²) in [6.45, 7) is 1.68. The first-order valence-electron chi connectivity index (χ1n) is 11.2. The van der Waals surface area contributed by atoms with Crippen molar-refractivity contribution >= 4 is 33.7 Å². The van der Waals surface area contributed by atoms with E-state index in [4.69, 9.17) is 9.47 Å². The number of carbonyl (C=O) groups excluding carboxylic acids is 2. The zero-order valence-electron chi connectivity index (χ0n) is 20.0. The van der Waals surface area contributed by atoms with Crippen molar-refractivity contribution in [3.05, 3.63) is 59.9 Å². The smallest absolute Gasteiger partial charge is 0.417 e. The van der Waals surface area contributed by atoms with E-state index in [0.717, 1.165) is 58.9 Å². The minimum atomic E-state index is -1.06. The Morgan fingerprint density at radius 2 is 1.12 bits per heavy atom. The van der Waals surface area contributed by atoms with Crippen LogP contribution >= 0.6 is 0 Å². The normalized spacial score (nSPS) is 11.6. The summed E-state index contributed by atoms with van der Waals surface area (Å²) in [4.78, 5) is 36.0. The third-order valence-electron chi connectivity index (χ3n) is 5.73. The average molecular weight is 463 g/mol. The lowest BCUT2D eigenvalue weighted by Gasteiger charge is -2.11. The van der Waals surface area contributed by atoms with Gasteiger partial charge < -0.3 is 29.2 Å². The predicted octanol–water partition coefficient (Wildman–Crippen LogP) is 3.37. The molecule has 34 heavy (non-hydrogen) atoms. The molecule has 0 aliphatic carbocycles. The van der Waals surface area contributed by atoms with Gasteiger partial charge in [-0.05, 0) is 76.4 Å². The maximum absolute atomic E-state index is 12.7. The number of aromatic nitrogens is 2. The van der Waals surface area contributed by atoms with Crippen molar-refractivity contribution in [3.8, 4) is 11.5 Å². The van der Waals surface area contributed by atoms with Crippen molar-refractivity contribution < 1.29 is 19.1 Å². The second-order valence-corrected chi connectivity index (χ2v) is 8.87. The van der Waals surface area contributed by atoms with Crippen molar-refractivity contribution in [3.63, 3.8) is 0 Å². The zero-order valence-corrected chi connectivity index (χ0v) is 20.0. The number of fused-ring (bicyclic) bond motifs is 2. The Hall–Kier alpha value is -3.62. The van der Waals surface area contributed by atoms with Crippen LogP contribution in [0.3, 0.4) is 0 Å². The molecule has 2 heterocycles. The highest BCUT2D eigenvalue weighted by Crippen LogP contribution is 2.31. The van der Waals surface area contributed by atoms with Gasteiger partial charge in [-0.25, -0.2) is 9.59 Å². The topological polar surface area (TPSA) is 90.7 Å². The highest BCUT2D eigenvalue weighted by molar-refractivity contribution is 6.31. The van der Waals surface area contributed by atoms with Crippen LogP contribution in [0.25, 0.3) is 21.8 Å². The largest absolute Gasteiger partial charge is 0.423 e. The van der Waals surface area contributed by atoms with Gasteiger partial charge in [0.2, 0.25) is 0 Å². The number of nitrogens with one attached hydrogen (secondary N) is 2. The third kappa shape index (κ3) is 5.13. The number of H-pyrrole nitrogens is 2. The maximum atomic E-state index is 12.7. The van der Waals surface area contributed by atoms with E-state index in [-0.39, 0.29) is 0 Å². The first kappa shape index (κ1) is 23.5. The van der Waals surface area contributed by atoms with Gasteiger partial charge in [0.05, 0.1) is 0 Å². The van der Waals surface area contributed by atoms with E-state index >= 15 is 0 Å². The van der Waals surface area contributed by atoms with Gasteiger partial charge in [0.1, 0.15) is 11.5 Å². The molecule has 0 amide bonds. The van der Waals surface area contributed by atoms with Crippen LogP contribution in [0.15, 0.2) is 48.8 Å². The number of hydrogen-bond donors (Lipinski definition) is 2. The number of carbonyl (C=O) groups is 2. The summed E-state index contributed by atoms with van der Waals surface area (Å²) in [6, 6.07) is 10.7. The van der Waals surface area contributed by atoms with E-state index in [2.05, 4.69) is 19.8 Å². The monoisotopic (exact) mass is 462 g/mol. The fourth-order valence-corrected chi connectivity index (χ4v) is 3.97. The molecule has 0 unspecified atom stereocenters. The number of ether oxygens (including phenoxy) is 2. The Morgan fingerprint density at radius 1 is 0.706 bits per heavy atom. The van der Waals surface area contributed by atoms with Gasteiger partial charge in [-0.2, -0.15) is 0 Å². The summed E-state index contributed by atoms with van der Waals surface area (Å²) < 4.78 is 11.0.